The summed E-state index contributed by atoms with van der Waals surface area (Å²) in [5.41, 5.74) is 3.81. The number of nitrogens with zero attached hydrogens (tertiary/aromatic N) is 4. The number of benzene rings is 1. The van der Waals surface area contributed by atoms with E-state index in [9.17, 15) is 10.2 Å². The molecule has 2 unspecified atom stereocenters. The van der Waals surface area contributed by atoms with E-state index in [0.717, 1.165) is 54.0 Å². The standard InChI is InChI=1S/C26H28ClN5O2S/c27-26-29-12-19-20(25-30-17(14-35-25)9-15-5-2-1-3-6-15)13-32(24(19)31-26)21-10-18(22(33)23(21)34)16-7-4-8-28-11-16/h1-3,5-6,12-14,16,18,21-23,28,33-34H,4,7-11H2/t16?,18?,21-,22-,23+/m1/s1. The van der Waals surface area contributed by atoms with E-state index in [1.165, 1.54) is 5.56 Å². The smallest absolute Gasteiger partial charge is 0.224 e. The Bertz CT molecular complexity index is 1320. The second kappa shape index (κ2) is 9.59. The fourth-order valence-corrected chi connectivity index (χ4v) is 6.75. The highest BCUT2D eigenvalue weighted by atomic mass is 35.5. The number of hydrogen-bond acceptors (Lipinski definition) is 7. The molecule has 3 N–H and O–H groups in total. The summed E-state index contributed by atoms with van der Waals surface area (Å²) in [4.78, 5) is 13.7. The van der Waals surface area contributed by atoms with Crippen LogP contribution in [0.25, 0.3) is 21.6 Å². The molecule has 1 saturated carbocycles. The van der Waals surface area contributed by atoms with Crippen LogP contribution < -0.4 is 5.32 Å². The van der Waals surface area contributed by atoms with Gasteiger partial charge in [-0.1, -0.05) is 30.3 Å². The van der Waals surface area contributed by atoms with Crippen molar-refractivity contribution < 1.29 is 10.2 Å². The molecule has 7 nitrogen and oxygen atoms in total. The fraction of sp³-hybridized carbons (Fsp3) is 0.423. The minimum absolute atomic E-state index is 0.0401. The molecule has 1 aliphatic carbocycles. The Kier molecular flexibility index (Phi) is 6.32. The normalized spacial score (nSPS) is 27.0. The lowest BCUT2D eigenvalue weighted by Gasteiger charge is -2.30. The van der Waals surface area contributed by atoms with Gasteiger partial charge < -0.3 is 20.1 Å². The van der Waals surface area contributed by atoms with Crippen molar-refractivity contribution in [3.8, 4) is 10.6 Å². The van der Waals surface area contributed by atoms with E-state index in [0.29, 0.717) is 18.0 Å². The summed E-state index contributed by atoms with van der Waals surface area (Å²) in [5.74, 6) is 0.399. The van der Waals surface area contributed by atoms with Gasteiger partial charge in [0, 0.05) is 35.1 Å². The number of aliphatic hydroxyl groups excluding tert-OH is 2. The van der Waals surface area contributed by atoms with Gasteiger partial charge in [-0.2, -0.15) is 4.98 Å². The number of nitrogens with one attached hydrogen (secondary N) is 1. The van der Waals surface area contributed by atoms with E-state index in [-0.39, 0.29) is 17.2 Å². The van der Waals surface area contributed by atoms with E-state index >= 15 is 0 Å². The lowest BCUT2D eigenvalue weighted by Crippen LogP contribution is -2.39. The minimum atomic E-state index is -0.871. The van der Waals surface area contributed by atoms with E-state index < -0.39 is 12.2 Å². The SMILES string of the molecule is O[C@@H]1[C@H](O)C(C2CCCNC2)C[C@H]1n1cc(-c2nc(Cc3ccccc3)cs2)c2cnc(Cl)nc21. The van der Waals surface area contributed by atoms with Crippen LogP contribution in [-0.2, 0) is 6.42 Å². The summed E-state index contributed by atoms with van der Waals surface area (Å²) in [6, 6.07) is 10.0. The van der Waals surface area contributed by atoms with Crippen molar-refractivity contribution >= 4 is 34.0 Å². The first-order valence-corrected chi connectivity index (χ1v) is 13.4. The lowest BCUT2D eigenvalue weighted by atomic mass is 9.83. The first kappa shape index (κ1) is 23.1. The van der Waals surface area contributed by atoms with Gasteiger partial charge in [0.15, 0.2) is 0 Å². The van der Waals surface area contributed by atoms with Crippen molar-refractivity contribution in [1.29, 1.82) is 0 Å². The van der Waals surface area contributed by atoms with Gasteiger partial charge in [0.2, 0.25) is 5.28 Å². The van der Waals surface area contributed by atoms with Gasteiger partial charge in [0.1, 0.15) is 16.8 Å². The van der Waals surface area contributed by atoms with Crippen LogP contribution in [0.3, 0.4) is 0 Å². The molecule has 0 bridgehead atoms. The highest BCUT2D eigenvalue weighted by Crippen LogP contribution is 2.44. The molecule has 1 aromatic carbocycles. The molecule has 0 spiro atoms. The molecule has 182 valence electrons. The molecule has 2 aliphatic rings. The minimum Gasteiger partial charge on any atom is -0.390 e. The number of aromatic nitrogens is 4. The van der Waals surface area contributed by atoms with Gasteiger partial charge in [-0.05, 0) is 61.4 Å². The largest absolute Gasteiger partial charge is 0.390 e. The van der Waals surface area contributed by atoms with Crippen molar-refractivity contribution in [3.05, 3.63) is 64.6 Å². The summed E-state index contributed by atoms with van der Waals surface area (Å²) in [6.45, 7) is 1.91. The zero-order valence-corrected chi connectivity index (χ0v) is 20.8. The Hall–Kier alpha value is -2.36. The highest BCUT2D eigenvalue weighted by molar-refractivity contribution is 7.13. The predicted molar refractivity (Wildman–Crippen MR) is 138 cm³/mol. The molecule has 6 rings (SSSR count). The average molecular weight is 510 g/mol. The number of fused-ring (bicyclic) bond motifs is 1. The maximum Gasteiger partial charge on any atom is 0.224 e. The second-order valence-electron chi connectivity index (χ2n) is 9.69. The molecule has 0 radical (unpaired) electrons. The zero-order valence-electron chi connectivity index (χ0n) is 19.2. The van der Waals surface area contributed by atoms with Crippen LogP contribution in [0.1, 0.15) is 36.6 Å². The Labute approximate surface area is 212 Å². The van der Waals surface area contributed by atoms with E-state index in [1.807, 2.05) is 29.0 Å². The van der Waals surface area contributed by atoms with Crippen LogP contribution >= 0.6 is 22.9 Å². The van der Waals surface area contributed by atoms with E-state index in [2.05, 4.69) is 32.8 Å². The number of halogens is 1. The third kappa shape index (κ3) is 4.38. The molecule has 4 heterocycles. The van der Waals surface area contributed by atoms with Gasteiger partial charge >= 0.3 is 0 Å². The molecule has 1 aliphatic heterocycles. The van der Waals surface area contributed by atoms with Crippen molar-refractivity contribution in [3.63, 3.8) is 0 Å². The van der Waals surface area contributed by atoms with Gasteiger partial charge in [-0.3, -0.25) is 0 Å². The molecule has 0 amide bonds. The van der Waals surface area contributed by atoms with E-state index in [1.54, 1.807) is 17.5 Å². The Morgan fingerprint density at radius 1 is 1.14 bits per heavy atom. The number of aliphatic hydroxyl groups is 2. The average Bonchev–Trinajstić information content (AvgIpc) is 3.57. The first-order chi connectivity index (χ1) is 17.1. The molecule has 35 heavy (non-hydrogen) atoms. The van der Waals surface area contributed by atoms with Crippen molar-refractivity contribution in [1.82, 2.24) is 24.8 Å². The number of rotatable bonds is 5. The third-order valence-corrected chi connectivity index (χ3v) is 8.65. The quantitative estimate of drug-likeness (QED) is 0.351. The van der Waals surface area contributed by atoms with Crippen molar-refractivity contribution in [2.24, 2.45) is 11.8 Å². The van der Waals surface area contributed by atoms with Gasteiger partial charge in [0.25, 0.3) is 0 Å². The predicted octanol–water partition coefficient (Wildman–Crippen LogP) is 4.08. The monoisotopic (exact) mass is 509 g/mol. The summed E-state index contributed by atoms with van der Waals surface area (Å²) in [7, 11) is 0. The number of thiazole rings is 1. The Balaban J connectivity index is 1.35. The van der Waals surface area contributed by atoms with Crippen molar-refractivity contribution in [2.75, 3.05) is 13.1 Å². The third-order valence-electron chi connectivity index (χ3n) is 7.55. The molecular weight excluding hydrogens is 482 g/mol. The fourth-order valence-electron chi connectivity index (χ4n) is 5.78. The molecular formula is C26H28ClN5O2S. The molecule has 3 aromatic heterocycles. The molecule has 1 saturated heterocycles. The van der Waals surface area contributed by atoms with Crippen molar-refractivity contribution in [2.45, 2.75) is 43.9 Å². The maximum atomic E-state index is 11.1. The lowest BCUT2D eigenvalue weighted by molar-refractivity contribution is -0.00692. The molecule has 9 heteroatoms. The number of hydrogen-bond donors (Lipinski definition) is 3. The molecule has 4 aromatic rings. The van der Waals surface area contributed by atoms with E-state index in [4.69, 9.17) is 16.6 Å². The van der Waals surface area contributed by atoms with Crippen LogP contribution in [0.5, 0.6) is 0 Å². The Morgan fingerprint density at radius 2 is 2.00 bits per heavy atom. The van der Waals surface area contributed by atoms with Crippen LogP contribution in [-0.4, -0.2) is 55.0 Å². The topological polar surface area (TPSA) is 96.1 Å². The van der Waals surface area contributed by atoms with Crippen LogP contribution in [0.2, 0.25) is 5.28 Å². The van der Waals surface area contributed by atoms with Crippen LogP contribution in [0.15, 0.2) is 48.1 Å². The summed E-state index contributed by atoms with van der Waals surface area (Å²) in [6.07, 6.45) is 5.73. The molecule has 2 fully saturated rings. The maximum absolute atomic E-state index is 11.1. The van der Waals surface area contributed by atoms with Crippen LogP contribution in [0, 0.1) is 11.8 Å². The Morgan fingerprint density at radius 3 is 2.80 bits per heavy atom. The highest BCUT2D eigenvalue weighted by Gasteiger charge is 2.46. The first-order valence-electron chi connectivity index (χ1n) is 12.2. The summed E-state index contributed by atoms with van der Waals surface area (Å²) in [5, 5.41) is 29.5. The van der Waals surface area contributed by atoms with Gasteiger partial charge in [-0.15, -0.1) is 11.3 Å². The summed E-state index contributed by atoms with van der Waals surface area (Å²) >= 11 is 7.78. The second-order valence-corrected chi connectivity index (χ2v) is 10.9. The van der Waals surface area contributed by atoms with Gasteiger partial charge in [0.05, 0.1) is 17.8 Å². The zero-order chi connectivity index (χ0) is 23.9. The summed E-state index contributed by atoms with van der Waals surface area (Å²) < 4.78 is 1.99. The van der Waals surface area contributed by atoms with Gasteiger partial charge in [-0.25, -0.2) is 9.97 Å². The van der Waals surface area contributed by atoms with Crippen LogP contribution in [0.4, 0.5) is 0 Å². The number of piperidine rings is 1. The molecule has 5 atom stereocenters.